The number of carbonyl (C=O) groups is 1. The van der Waals surface area contributed by atoms with Gasteiger partial charge in [-0.1, -0.05) is 6.07 Å². The van der Waals surface area contributed by atoms with E-state index in [0.717, 1.165) is 4.88 Å². The maximum atomic E-state index is 11.0. The van der Waals surface area contributed by atoms with Gasteiger partial charge in [0.2, 0.25) is 0 Å². The summed E-state index contributed by atoms with van der Waals surface area (Å²) >= 11 is 1.62. The summed E-state index contributed by atoms with van der Waals surface area (Å²) < 4.78 is 0. The van der Waals surface area contributed by atoms with Crippen molar-refractivity contribution in [3.05, 3.63) is 40.5 Å². The van der Waals surface area contributed by atoms with Gasteiger partial charge in [0.1, 0.15) is 0 Å². The molecule has 2 aromatic heterocycles. The zero-order chi connectivity index (χ0) is 12.3. The van der Waals surface area contributed by atoms with Crippen LogP contribution in [0.25, 0.3) is 0 Å². The Labute approximate surface area is 102 Å². The van der Waals surface area contributed by atoms with Crippen molar-refractivity contribution < 1.29 is 9.90 Å². The van der Waals surface area contributed by atoms with Crippen molar-refractivity contribution in [1.29, 1.82) is 0 Å². The van der Waals surface area contributed by atoms with Gasteiger partial charge in [-0.15, -0.1) is 11.3 Å². The molecule has 0 atom stereocenters. The van der Waals surface area contributed by atoms with Crippen LogP contribution in [0, 0.1) is 0 Å². The standard InChI is InChI=1S/C11H11N3O2S/c1-14(7-8-3-2-6-17-8)10-9(11(15)16)12-4-5-13-10/h2-6H,7H2,1H3,(H,15,16). The Morgan fingerprint density at radius 1 is 1.47 bits per heavy atom. The van der Waals surface area contributed by atoms with E-state index in [2.05, 4.69) is 9.97 Å². The Balaban J connectivity index is 2.24. The van der Waals surface area contributed by atoms with E-state index < -0.39 is 5.97 Å². The Kier molecular flexibility index (Phi) is 3.34. The molecule has 0 aliphatic carbocycles. The molecule has 0 bridgehead atoms. The van der Waals surface area contributed by atoms with Gasteiger partial charge in [0.05, 0.1) is 6.54 Å². The van der Waals surface area contributed by atoms with Gasteiger partial charge in [-0.3, -0.25) is 0 Å². The zero-order valence-electron chi connectivity index (χ0n) is 9.20. The Hall–Kier alpha value is -1.95. The van der Waals surface area contributed by atoms with Crippen molar-refractivity contribution in [3.8, 4) is 0 Å². The smallest absolute Gasteiger partial charge is 0.358 e. The SMILES string of the molecule is CN(Cc1cccs1)c1nccnc1C(=O)O. The van der Waals surface area contributed by atoms with Crippen LogP contribution in [0.4, 0.5) is 5.82 Å². The van der Waals surface area contributed by atoms with Gasteiger partial charge < -0.3 is 10.0 Å². The number of aromatic nitrogens is 2. The molecule has 0 aromatic carbocycles. The van der Waals surface area contributed by atoms with Gasteiger partial charge in [0.15, 0.2) is 11.5 Å². The first-order valence-electron chi connectivity index (χ1n) is 4.96. The van der Waals surface area contributed by atoms with Gasteiger partial charge in [-0.2, -0.15) is 0 Å². The lowest BCUT2D eigenvalue weighted by atomic mass is 10.3. The van der Waals surface area contributed by atoms with E-state index >= 15 is 0 Å². The van der Waals surface area contributed by atoms with E-state index in [9.17, 15) is 4.79 Å². The predicted molar refractivity (Wildman–Crippen MR) is 65.4 cm³/mol. The number of rotatable bonds is 4. The van der Waals surface area contributed by atoms with E-state index in [0.29, 0.717) is 12.4 Å². The lowest BCUT2D eigenvalue weighted by molar-refractivity contribution is 0.0690. The van der Waals surface area contributed by atoms with E-state index in [1.807, 2.05) is 17.5 Å². The zero-order valence-corrected chi connectivity index (χ0v) is 10.0. The molecule has 0 aliphatic heterocycles. The first kappa shape index (κ1) is 11.5. The minimum atomic E-state index is -1.06. The number of hydrogen-bond acceptors (Lipinski definition) is 5. The van der Waals surface area contributed by atoms with Crippen LogP contribution in [0.1, 0.15) is 15.4 Å². The maximum absolute atomic E-state index is 11.0. The molecule has 0 amide bonds. The number of aromatic carboxylic acids is 1. The number of hydrogen-bond donors (Lipinski definition) is 1. The second-order valence-corrected chi connectivity index (χ2v) is 4.50. The van der Waals surface area contributed by atoms with Crippen molar-refractivity contribution in [2.75, 3.05) is 11.9 Å². The maximum Gasteiger partial charge on any atom is 0.358 e. The molecule has 2 rings (SSSR count). The lowest BCUT2D eigenvalue weighted by Gasteiger charge is -2.18. The summed E-state index contributed by atoms with van der Waals surface area (Å²) in [7, 11) is 1.80. The van der Waals surface area contributed by atoms with Gasteiger partial charge in [0, 0.05) is 24.3 Å². The minimum Gasteiger partial charge on any atom is -0.476 e. The van der Waals surface area contributed by atoms with Gasteiger partial charge >= 0.3 is 5.97 Å². The quantitative estimate of drug-likeness (QED) is 0.896. The Bertz CT molecular complexity index is 513. The van der Waals surface area contributed by atoms with Crippen LogP contribution in [0.3, 0.4) is 0 Å². The van der Waals surface area contributed by atoms with Crippen molar-refractivity contribution in [3.63, 3.8) is 0 Å². The molecule has 0 spiro atoms. The molecule has 88 valence electrons. The highest BCUT2D eigenvalue weighted by molar-refractivity contribution is 7.09. The second kappa shape index (κ2) is 4.92. The number of thiophene rings is 1. The Morgan fingerprint density at radius 2 is 2.24 bits per heavy atom. The molecule has 0 radical (unpaired) electrons. The van der Waals surface area contributed by atoms with E-state index in [1.165, 1.54) is 12.4 Å². The Morgan fingerprint density at radius 3 is 2.88 bits per heavy atom. The molecule has 0 fully saturated rings. The molecule has 0 aliphatic rings. The lowest BCUT2D eigenvalue weighted by Crippen LogP contribution is -2.21. The summed E-state index contributed by atoms with van der Waals surface area (Å²) in [5.41, 5.74) is -0.0217. The highest BCUT2D eigenvalue weighted by Gasteiger charge is 2.16. The number of anilines is 1. The average molecular weight is 249 g/mol. The molecule has 5 nitrogen and oxygen atoms in total. The van der Waals surface area contributed by atoms with Crippen LogP contribution in [-0.2, 0) is 6.54 Å². The monoisotopic (exact) mass is 249 g/mol. The number of carboxylic acids is 1. The van der Waals surface area contributed by atoms with Crippen molar-refractivity contribution in [1.82, 2.24) is 9.97 Å². The summed E-state index contributed by atoms with van der Waals surface area (Å²) in [6.45, 7) is 0.622. The fourth-order valence-corrected chi connectivity index (χ4v) is 2.23. The summed E-state index contributed by atoms with van der Waals surface area (Å²) in [5, 5.41) is 11.0. The normalized spacial score (nSPS) is 10.2. The second-order valence-electron chi connectivity index (χ2n) is 3.47. The minimum absolute atomic E-state index is 0.0217. The summed E-state index contributed by atoms with van der Waals surface area (Å²) in [6, 6.07) is 3.96. The molecule has 6 heteroatoms. The number of carboxylic acid groups (broad SMARTS) is 1. The number of nitrogens with zero attached hydrogens (tertiary/aromatic N) is 3. The summed E-state index contributed by atoms with van der Waals surface area (Å²) in [4.78, 5) is 21.8. The molecule has 0 saturated carbocycles. The molecule has 2 aromatic rings. The third-order valence-corrected chi connectivity index (χ3v) is 3.08. The van der Waals surface area contributed by atoms with Crippen molar-refractivity contribution >= 4 is 23.1 Å². The molecule has 0 saturated heterocycles. The van der Waals surface area contributed by atoms with Crippen molar-refractivity contribution in [2.45, 2.75) is 6.54 Å². The molecule has 0 unspecified atom stereocenters. The van der Waals surface area contributed by atoms with Gasteiger partial charge in [-0.25, -0.2) is 14.8 Å². The van der Waals surface area contributed by atoms with Crippen LogP contribution in [0.5, 0.6) is 0 Å². The molecular weight excluding hydrogens is 238 g/mol. The third-order valence-electron chi connectivity index (χ3n) is 2.22. The van der Waals surface area contributed by atoms with Gasteiger partial charge in [0.25, 0.3) is 0 Å². The topological polar surface area (TPSA) is 66.3 Å². The van der Waals surface area contributed by atoms with Crippen LogP contribution in [0.2, 0.25) is 0 Å². The van der Waals surface area contributed by atoms with E-state index in [-0.39, 0.29) is 5.69 Å². The highest BCUT2D eigenvalue weighted by Crippen LogP contribution is 2.18. The van der Waals surface area contributed by atoms with E-state index in [4.69, 9.17) is 5.11 Å². The third kappa shape index (κ3) is 2.59. The fraction of sp³-hybridized carbons (Fsp3) is 0.182. The van der Waals surface area contributed by atoms with E-state index in [1.54, 1.807) is 23.3 Å². The highest BCUT2D eigenvalue weighted by atomic mass is 32.1. The van der Waals surface area contributed by atoms with Crippen LogP contribution in [0.15, 0.2) is 29.9 Å². The molecular formula is C11H11N3O2S. The van der Waals surface area contributed by atoms with Crippen LogP contribution in [-0.4, -0.2) is 28.1 Å². The van der Waals surface area contributed by atoms with Gasteiger partial charge in [-0.05, 0) is 11.4 Å². The first-order valence-corrected chi connectivity index (χ1v) is 5.84. The molecule has 1 N–H and O–H groups in total. The largest absolute Gasteiger partial charge is 0.476 e. The first-order chi connectivity index (χ1) is 8.18. The van der Waals surface area contributed by atoms with Crippen molar-refractivity contribution in [2.24, 2.45) is 0 Å². The molecule has 2 heterocycles. The average Bonchev–Trinajstić information content (AvgIpc) is 2.81. The summed E-state index contributed by atoms with van der Waals surface area (Å²) in [5.74, 6) is -0.681. The summed E-state index contributed by atoms with van der Waals surface area (Å²) in [6.07, 6.45) is 2.87. The predicted octanol–water partition coefficient (Wildman–Crippen LogP) is 1.87. The van der Waals surface area contributed by atoms with Crippen LogP contribution < -0.4 is 4.90 Å². The fourth-order valence-electron chi connectivity index (χ4n) is 1.47. The van der Waals surface area contributed by atoms with Crippen LogP contribution >= 0.6 is 11.3 Å². The molecule has 17 heavy (non-hydrogen) atoms.